The van der Waals surface area contributed by atoms with Crippen molar-refractivity contribution in [2.45, 2.75) is 25.8 Å². The third kappa shape index (κ3) is 7.58. The fourth-order valence-corrected chi connectivity index (χ4v) is 2.94. The lowest BCUT2D eigenvalue weighted by Gasteiger charge is -2.20. The number of hydrogen-bond donors (Lipinski definition) is 4. The first-order chi connectivity index (χ1) is 16.2. The third-order valence-electron chi connectivity index (χ3n) is 4.68. The van der Waals surface area contributed by atoms with E-state index in [1.165, 1.54) is 37.4 Å². The first-order valence-corrected chi connectivity index (χ1v) is 10.3. The van der Waals surface area contributed by atoms with Crippen LogP contribution in [0.5, 0.6) is 0 Å². The van der Waals surface area contributed by atoms with Crippen molar-refractivity contribution in [3.63, 3.8) is 0 Å². The highest BCUT2D eigenvalue weighted by atomic mass is 16.6. The van der Waals surface area contributed by atoms with E-state index in [1.54, 1.807) is 31.2 Å². The average molecular weight is 470 g/mol. The number of carbonyl (C=O) groups excluding carboxylic acids is 3. The number of nitrogens with zero attached hydrogens (tertiary/aromatic N) is 2. The van der Waals surface area contributed by atoms with Gasteiger partial charge in [-0.2, -0.15) is 5.10 Å². The molecule has 0 fully saturated rings. The molecule has 2 atom stereocenters. The zero-order valence-corrected chi connectivity index (χ0v) is 18.7. The first-order valence-electron chi connectivity index (χ1n) is 10.3. The normalized spacial score (nSPS) is 12.4. The predicted octanol–water partition coefficient (Wildman–Crippen LogP) is 1.86. The second-order valence-corrected chi connectivity index (χ2v) is 7.12. The Bertz CT molecular complexity index is 1040. The minimum Gasteiger partial charge on any atom is -0.464 e. The maximum atomic E-state index is 12.9. The minimum atomic E-state index is -0.924. The maximum Gasteiger partial charge on any atom is 0.328 e. The van der Waals surface area contributed by atoms with Crippen LogP contribution in [0.25, 0.3) is 0 Å². The molecule has 34 heavy (non-hydrogen) atoms. The Hall–Kier alpha value is -4.48. The largest absolute Gasteiger partial charge is 0.464 e. The van der Waals surface area contributed by atoms with E-state index in [0.717, 1.165) is 5.56 Å². The van der Waals surface area contributed by atoms with Crippen molar-refractivity contribution >= 4 is 35.5 Å². The van der Waals surface area contributed by atoms with Crippen LogP contribution in [0.2, 0.25) is 0 Å². The molecule has 0 radical (unpaired) electrons. The van der Waals surface area contributed by atoms with E-state index in [-0.39, 0.29) is 18.8 Å². The molecule has 0 saturated heterocycles. The third-order valence-corrected chi connectivity index (χ3v) is 4.68. The van der Waals surface area contributed by atoms with Gasteiger partial charge >= 0.3 is 12.0 Å². The molecule has 5 N–H and O–H groups in total. The van der Waals surface area contributed by atoms with Gasteiger partial charge in [-0.15, -0.1) is 0 Å². The Morgan fingerprint density at radius 3 is 2.35 bits per heavy atom. The van der Waals surface area contributed by atoms with Crippen molar-refractivity contribution in [2.24, 2.45) is 10.9 Å². The average Bonchev–Trinajstić information content (AvgIpc) is 2.81. The topological polar surface area (TPSA) is 178 Å². The van der Waals surface area contributed by atoms with Crippen LogP contribution >= 0.6 is 0 Å². The summed E-state index contributed by atoms with van der Waals surface area (Å²) < 4.78 is 4.90. The van der Waals surface area contributed by atoms with Crippen molar-refractivity contribution in [1.29, 1.82) is 0 Å². The Morgan fingerprint density at radius 1 is 1.15 bits per heavy atom. The molecule has 180 valence electrons. The number of amides is 3. The van der Waals surface area contributed by atoms with E-state index in [1.807, 2.05) is 0 Å². The Morgan fingerprint density at radius 2 is 1.79 bits per heavy atom. The number of ether oxygens (including phenoxy) is 1. The molecule has 2 rings (SSSR count). The van der Waals surface area contributed by atoms with Crippen molar-refractivity contribution in [1.82, 2.24) is 10.6 Å². The summed E-state index contributed by atoms with van der Waals surface area (Å²) in [6, 6.07) is 10.6. The molecular weight excluding hydrogens is 444 g/mol. The van der Waals surface area contributed by atoms with Gasteiger partial charge in [-0.05, 0) is 37.1 Å². The second kappa shape index (κ2) is 12.5. The second-order valence-electron chi connectivity index (χ2n) is 7.12. The summed E-state index contributed by atoms with van der Waals surface area (Å²) in [5.41, 5.74) is 1.53. The van der Waals surface area contributed by atoms with E-state index in [4.69, 9.17) is 10.6 Å². The van der Waals surface area contributed by atoms with Gasteiger partial charge in [-0.1, -0.05) is 24.3 Å². The number of nitrogens with two attached hydrogens (primary N) is 1. The number of rotatable bonds is 10. The molecule has 2 aromatic rings. The summed E-state index contributed by atoms with van der Waals surface area (Å²) in [4.78, 5) is 47.5. The van der Waals surface area contributed by atoms with Crippen LogP contribution in [0.15, 0.2) is 53.6 Å². The van der Waals surface area contributed by atoms with Gasteiger partial charge < -0.3 is 26.5 Å². The SMILES string of the molecule is CCOC(=O)C(C)NC(=O)C(CNC(=O)Nc1ccc(C=NN)cc1)c1ccc([N+](=O)[O-])cc1. The summed E-state index contributed by atoms with van der Waals surface area (Å²) in [6.45, 7) is 3.14. The molecule has 0 saturated carbocycles. The summed E-state index contributed by atoms with van der Waals surface area (Å²) >= 11 is 0. The van der Waals surface area contributed by atoms with Crippen molar-refractivity contribution in [3.8, 4) is 0 Å². The number of anilines is 1. The molecule has 2 aromatic carbocycles. The van der Waals surface area contributed by atoms with Crippen LogP contribution in [-0.4, -0.2) is 48.2 Å². The fourth-order valence-electron chi connectivity index (χ4n) is 2.94. The number of esters is 1. The van der Waals surface area contributed by atoms with E-state index in [2.05, 4.69) is 21.1 Å². The molecule has 12 heteroatoms. The van der Waals surface area contributed by atoms with Crippen LogP contribution in [0.1, 0.15) is 30.9 Å². The lowest BCUT2D eigenvalue weighted by molar-refractivity contribution is -0.384. The van der Waals surface area contributed by atoms with Gasteiger partial charge in [0.15, 0.2) is 0 Å². The summed E-state index contributed by atoms with van der Waals surface area (Å²) in [6.07, 6.45) is 1.45. The van der Waals surface area contributed by atoms with Crippen LogP contribution in [0.3, 0.4) is 0 Å². The summed E-state index contributed by atoms with van der Waals surface area (Å²) in [5, 5.41) is 22.2. The first kappa shape index (κ1) is 25.8. The molecule has 0 aliphatic heterocycles. The smallest absolute Gasteiger partial charge is 0.328 e. The molecule has 0 aromatic heterocycles. The van der Waals surface area contributed by atoms with E-state index in [9.17, 15) is 24.5 Å². The van der Waals surface area contributed by atoms with Crippen LogP contribution < -0.4 is 21.8 Å². The molecule has 2 unspecified atom stereocenters. The molecule has 0 heterocycles. The number of hydrogen-bond acceptors (Lipinski definition) is 8. The predicted molar refractivity (Wildman–Crippen MR) is 125 cm³/mol. The van der Waals surface area contributed by atoms with Gasteiger partial charge in [0.05, 0.1) is 23.7 Å². The quantitative estimate of drug-likeness (QED) is 0.134. The molecule has 12 nitrogen and oxygen atoms in total. The Kier molecular flexibility index (Phi) is 9.50. The number of urea groups is 1. The number of hydrazone groups is 1. The number of benzene rings is 2. The maximum absolute atomic E-state index is 12.9. The molecule has 0 bridgehead atoms. The van der Waals surface area contributed by atoms with Gasteiger partial charge in [0.1, 0.15) is 6.04 Å². The fraction of sp³-hybridized carbons (Fsp3) is 0.273. The molecule has 0 aliphatic rings. The van der Waals surface area contributed by atoms with Gasteiger partial charge in [0, 0.05) is 24.4 Å². The van der Waals surface area contributed by atoms with Crippen molar-refractivity contribution in [2.75, 3.05) is 18.5 Å². The monoisotopic (exact) mass is 470 g/mol. The van der Waals surface area contributed by atoms with E-state index in [0.29, 0.717) is 11.3 Å². The van der Waals surface area contributed by atoms with Gasteiger partial charge in [-0.3, -0.25) is 14.9 Å². The highest BCUT2D eigenvalue weighted by molar-refractivity contribution is 5.92. The molecular formula is C22H26N6O6. The van der Waals surface area contributed by atoms with E-state index < -0.39 is 34.8 Å². The van der Waals surface area contributed by atoms with E-state index >= 15 is 0 Å². The van der Waals surface area contributed by atoms with Crippen LogP contribution in [0, 0.1) is 10.1 Å². The zero-order valence-electron chi connectivity index (χ0n) is 18.7. The highest BCUT2D eigenvalue weighted by Crippen LogP contribution is 2.20. The van der Waals surface area contributed by atoms with Gasteiger partial charge in [0.25, 0.3) is 5.69 Å². The highest BCUT2D eigenvalue weighted by Gasteiger charge is 2.26. The Labute approximate surface area is 195 Å². The lowest BCUT2D eigenvalue weighted by atomic mass is 9.97. The molecule has 0 aliphatic carbocycles. The summed E-state index contributed by atoms with van der Waals surface area (Å²) in [7, 11) is 0. The Balaban J connectivity index is 2.11. The van der Waals surface area contributed by atoms with Gasteiger partial charge in [-0.25, -0.2) is 9.59 Å². The zero-order chi connectivity index (χ0) is 25.1. The molecule has 3 amide bonds. The summed E-state index contributed by atoms with van der Waals surface area (Å²) in [5.74, 6) is 3.02. The van der Waals surface area contributed by atoms with Crippen molar-refractivity contribution < 1.29 is 24.0 Å². The number of nitro benzene ring substituents is 1. The number of non-ortho nitro benzene ring substituents is 1. The lowest BCUT2D eigenvalue weighted by Crippen LogP contribution is -2.45. The van der Waals surface area contributed by atoms with Crippen LogP contribution in [0.4, 0.5) is 16.2 Å². The number of carbonyl (C=O) groups is 3. The number of nitrogens with one attached hydrogen (secondary N) is 3. The number of nitro groups is 1. The van der Waals surface area contributed by atoms with Crippen LogP contribution in [-0.2, 0) is 14.3 Å². The van der Waals surface area contributed by atoms with Gasteiger partial charge in [0.2, 0.25) is 5.91 Å². The molecule has 0 spiro atoms. The standard InChI is InChI=1S/C22H26N6O6/c1-3-34-21(30)14(2)26-20(29)19(16-6-10-18(11-7-16)28(32)33)13-24-22(31)27-17-8-4-15(5-9-17)12-25-23/h4-12,14,19H,3,13,23H2,1-2H3,(H,26,29)(H2,24,27,31). The van der Waals surface area contributed by atoms with Crippen molar-refractivity contribution in [3.05, 3.63) is 69.8 Å². The minimum absolute atomic E-state index is 0.136.